The number of hydrogen-bond donors (Lipinski definition) is 1. The molecule has 5 heteroatoms. The Hall–Kier alpha value is -1.10. The van der Waals surface area contributed by atoms with Crippen LogP contribution in [-0.4, -0.2) is 42.1 Å². The highest BCUT2D eigenvalue weighted by Gasteiger charge is 2.37. The average molecular weight is 198 g/mol. The number of nitrogens with zero attached hydrogens (tertiary/aromatic N) is 1. The maximum absolute atomic E-state index is 11.4. The normalized spacial score (nSPS) is 29.5. The Bertz CT molecular complexity index is 245. The number of hydrogen-bond acceptors (Lipinski definition) is 3. The van der Waals surface area contributed by atoms with Gasteiger partial charge in [-0.2, -0.15) is 0 Å². The SMILES string of the molecule is CC(C1CCCO1)N1C(=O)CNC1=O. The topological polar surface area (TPSA) is 58.6 Å². The van der Waals surface area contributed by atoms with E-state index in [9.17, 15) is 9.59 Å². The molecule has 2 aliphatic heterocycles. The first-order valence-electron chi connectivity index (χ1n) is 4.91. The molecule has 0 radical (unpaired) electrons. The van der Waals surface area contributed by atoms with Gasteiger partial charge in [0.15, 0.2) is 0 Å². The summed E-state index contributed by atoms with van der Waals surface area (Å²) < 4.78 is 5.45. The molecule has 3 amide bonds. The smallest absolute Gasteiger partial charge is 0.324 e. The predicted molar refractivity (Wildman–Crippen MR) is 48.7 cm³/mol. The third-order valence-corrected chi connectivity index (χ3v) is 2.79. The van der Waals surface area contributed by atoms with Crippen molar-refractivity contribution in [3.8, 4) is 0 Å². The molecule has 0 aromatic rings. The van der Waals surface area contributed by atoms with Crippen LogP contribution in [0.4, 0.5) is 4.79 Å². The molecule has 2 heterocycles. The summed E-state index contributed by atoms with van der Waals surface area (Å²) in [5, 5.41) is 2.51. The molecule has 0 aliphatic carbocycles. The number of carbonyl (C=O) groups is 2. The number of urea groups is 1. The number of imide groups is 1. The van der Waals surface area contributed by atoms with Crippen molar-refractivity contribution in [2.24, 2.45) is 0 Å². The first kappa shape index (κ1) is 9.45. The minimum absolute atomic E-state index is 0.0165. The zero-order valence-electron chi connectivity index (χ0n) is 8.16. The summed E-state index contributed by atoms with van der Waals surface area (Å²) >= 11 is 0. The molecule has 0 spiro atoms. The molecule has 14 heavy (non-hydrogen) atoms. The highest BCUT2D eigenvalue weighted by molar-refractivity contribution is 6.02. The van der Waals surface area contributed by atoms with Crippen LogP contribution in [0.5, 0.6) is 0 Å². The number of nitrogens with one attached hydrogen (secondary N) is 1. The van der Waals surface area contributed by atoms with Crippen LogP contribution in [0.1, 0.15) is 19.8 Å². The predicted octanol–water partition coefficient (Wildman–Crippen LogP) is 0.106. The molecule has 2 saturated heterocycles. The zero-order chi connectivity index (χ0) is 10.1. The molecule has 78 valence electrons. The van der Waals surface area contributed by atoms with Crippen molar-refractivity contribution in [1.82, 2.24) is 10.2 Å². The van der Waals surface area contributed by atoms with Gasteiger partial charge in [0.1, 0.15) is 0 Å². The Morgan fingerprint density at radius 1 is 1.57 bits per heavy atom. The van der Waals surface area contributed by atoms with Crippen LogP contribution in [0.3, 0.4) is 0 Å². The van der Waals surface area contributed by atoms with E-state index < -0.39 is 0 Å². The Morgan fingerprint density at radius 2 is 2.36 bits per heavy atom. The van der Waals surface area contributed by atoms with Crippen LogP contribution in [0.2, 0.25) is 0 Å². The Balaban J connectivity index is 2.05. The van der Waals surface area contributed by atoms with E-state index in [1.54, 1.807) is 0 Å². The third kappa shape index (κ3) is 1.48. The van der Waals surface area contributed by atoms with Gasteiger partial charge in [-0.3, -0.25) is 9.69 Å². The van der Waals surface area contributed by atoms with Gasteiger partial charge in [-0.15, -0.1) is 0 Å². The number of carbonyl (C=O) groups excluding carboxylic acids is 2. The summed E-state index contributed by atoms with van der Waals surface area (Å²) in [4.78, 5) is 24.0. The van der Waals surface area contributed by atoms with Crippen molar-refractivity contribution < 1.29 is 14.3 Å². The van der Waals surface area contributed by atoms with E-state index >= 15 is 0 Å². The van der Waals surface area contributed by atoms with Crippen molar-refractivity contribution in [1.29, 1.82) is 0 Å². The first-order chi connectivity index (χ1) is 6.70. The first-order valence-corrected chi connectivity index (χ1v) is 4.91. The summed E-state index contributed by atoms with van der Waals surface area (Å²) in [6.45, 7) is 2.72. The van der Waals surface area contributed by atoms with E-state index in [4.69, 9.17) is 4.74 Å². The second-order valence-corrected chi connectivity index (χ2v) is 3.71. The molecular weight excluding hydrogens is 184 g/mol. The minimum atomic E-state index is -0.294. The standard InChI is InChI=1S/C9H14N2O3/c1-6(7-3-2-4-14-7)11-8(12)5-10-9(11)13/h6-7H,2-5H2,1H3,(H,10,13). The molecule has 0 aromatic heterocycles. The molecule has 2 atom stereocenters. The molecule has 1 N–H and O–H groups in total. The van der Waals surface area contributed by atoms with Crippen LogP contribution in [-0.2, 0) is 9.53 Å². The summed E-state index contributed by atoms with van der Waals surface area (Å²) in [6, 6.07) is -0.439. The zero-order valence-corrected chi connectivity index (χ0v) is 8.16. The average Bonchev–Trinajstić information content (AvgIpc) is 2.75. The summed E-state index contributed by atoms with van der Waals surface area (Å²) in [5.41, 5.74) is 0. The van der Waals surface area contributed by atoms with Gasteiger partial charge in [0.2, 0.25) is 5.91 Å². The Kier molecular flexibility index (Phi) is 2.41. The van der Waals surface area contributed by atoms with Gasteiger partial charge >= 0.3 is 6.03 Å². The number of ether oxygens (including phenoxy) is 1. The lowest BCUT2D eigenvalue weighted by Gasteiger charge is -2.25. The highest BCUT2D eigenvalue weighted by Crippen LogP contribution is 2.20. The van der Waals surface area contributed by atoms with E-state index in [2.05, 4.69) is 5.32 Å². The minimum Gasteiger partial charge on any atom is -0.376 e. The second-order valence-electron chi connectivity index (χ2n) is 3.71. The Labute approximate surface area is 82.4 Å². The van der Waals surface area contributed by atoms with Crippen molar-refractivity contribution in [3.05, 3.63) is 0 Å². The monoisotopic (exact) mass is 198 g/mol. The number of rotatable bonds is 2. The Morgan fingerprint density at radius 3 is 2.86 bits per heavy atom. The lowest BCUT2D eigenvalue weighted by Crippen LogP contribution is -2.45. The maximum atomic E-state index is 11.4. The van der Waals surface area contributed by atoms with Crippen molar-refractivity contribution in [3.63, 3.8) is 0 Å². The van der Waals surface area contributed by atoms with Gasteiger partial charge in [0.05, 0.1) is 18.7 Å². The van der Waals surface area contributed by atoms with E-state index in [0.717, 1.165) is 19.4 Å². The third-order valence-electron chi connectivity index (χ3n) is 2.79. The van der Waals surface area contributed by atoms with Crippen LogP contribution >= 0.6 is 0 Å². The van der Waals surface area contributed by atoms with Crippen molar-refractivity contribution in [2.75, 3.05) is 13.2 Å². The quantitative estimate of drug-likeness (QED) is 0.640. The highest BCUT2D eigenvalue weighted by atomic mass is 16.5. The summed E-state index contributed by atoms with van der Waals surface area (Å²) in [7, 11) is 0. The maximum Gasteiger partial charge on any atom is 0.324 e. The van der Waals surface area contributed by atoms with Gasteiger partial charge < -0.3 is 10.1 Å². The van der Waals surface area contributed by atoms with Crippen LogP contribution in [0, 0.1) is 0 Å². The van der Waals surface area contributed by atoms with Crippen molar-refractivity contribution >= 4 is 11.9 Å². The molecule has 0 bridgehead atoms. The van der Waals surface area contributed by atoms with Crippen LogP contribution < -0.4 is 5.32 Å². The van der Waals surface area contributed by atoms with Gasteiger partial charge in [0.25, 0.3) is 0 Å². The molecule has 2 fully saturated rings. The second kappa shape index (κ2) is 3.57. The van der Waals surface area contributed by atoms with Crippen LogP contribution in [0.15, 0.2) is 0 Å². The van der Waals surface area contributed by atoms with E-state index in [-0.39, 0.29) is 30.6 Å². The summed E-state index contributed by atoms with van der Waals surface area (Å²) in [6.07, 6.45) is 1.96. The van der Waals surface area contributed by atoms with Crippen LogP contribution in [0.25, 0.3) is 0 Å². The molecule has 0 saturated carbocycles. The fourth-order valence-electron chi connectivity index (χ4n) is 2.00. The van der Waals surface area contributed by atoms with Crippen molar-refractivity contribution in [2.45, 2.75) is 31.9 Å². The van der Waals surface area contributed by atoms with E-state index in [0.29, 0.717) is 0 Å². The van der Waals surface area contributed by atoms with E-state index in [1.807, 2.05) is 6.92 Å². The molecule has 2 aliphatic rings. The van der Waals surface area contributed by atoms with Gasteiger partial charge in [-0.1, -0.05) is 0 Å². The van der Waals surface area contributed by atoms with Gasteiger partial charge in [-0.05, 0) is 19.8 Å². The van der Waals surface area contributed by atoms with E-state index in [1.165, 1.54) is 4.90 Å². The molecule has 2 rings (SSSR count). The lowest BCUT2D eigenvalue weighted by molar-refractivity contribution is -0.128. The summed E-state index contributed by atoms with van der Waals surface area (Å²) in [5.74, 6) is -0.155. The fraction of sp³-hybridized carbons (Fsp3) is 0.778. The number of amides is 3. The molecule has 2 unspecified atom stereocenters. The largest absolute Gasteiger partial charge is 0.376 e. The molecule has 0 aromatic carbocycles. The van der Waals surface area contributed by atoms with Gasteiger partial charge in [-0.25, -0.2) is 4.79 Å². The lowest BCUT2D eigenvalue weighted by atomic mass is 10.1. The molecule has 5 nitrogen and oxygen atoms in total. The fourth-order valence-corrected chi connectivity index (χ4v) is 2.00. The molecular formula is C9H14N2O3. The van der Waals surface area contributed by atoms with Gasteiger partial charge in [0, 0.05) is 6.61 Å².